The fourth-order valence-electron chi connectivity index (χ4n) is 2.98. The molecule has 0 aliphatic carbocycles. The maximum Gasteiger partial charge on any atom is 0.339 e. The number of benzene rings is 3. The highest BCUT2D eigenvalue weighted by atomic mass is 32.2. The first-order valence-electron chi connectivity index (χ1n) is 10.2. The molecule has 0 saturated carbocycles. The highest BCUT2D eigenvalue weighted by Crippen LogP contribution is 2.22. The van der Waals surface area contributed by atoms with Gasteiger partial charge in [-0.2, -0.15) is 8.42 Å². The van der Waals surface area contributed by atoms with Gasteiger partial charge in [-0.1, -0.05) is 12.1 Å². The zero-order chi connectivity index (χ0) is 24.0. The summed E-state index contributed by atoms with van der Waals surface area (Å²) in [4.78, 5) is 15.5. The summed E-state index contributed by atoms with van der Waals surface area (Å²) in [5, 5.41) is 2.91. The molecule has 174 valence electrons. The third-order valence-electron chi connectivity index (χ3n) is 4.81. The Morgan fingerprint density at radius 2 is 1.61 bits per heavy atom. The van der Waals surface area contributed by atoms with Crippen LogP contribution in [0.15, 0.2) is 82.6 Å². The van der Waals surface area contributed by atoms with Gasteiger partial charge >= 0.3 is 16.1 Å². The van der Waals surface area contributed by atoms with Crippen LogP contribution in [-0.2, 0) is 16.7 Å². The largest absolute Gasteiger partial charge is 0.379 e. The van der Waals surface area contributed by atoms with E-state index in [-0.39, 0.29) is 22.7 Å². The number of hydrogen-bond acceptors (Lipinski definition) is 5. The van der Waals surface area contributed by atoms with Crippen molar-refractivity contribution in [1.29, 1.82) is 0 Å². The van der Waals surface area contributed by atoms with Crippen LogP contribution in [0.5, 0.6) is 5.75 Å². The van der Waals surface area contributed by atoms with E-state index in [1.807, 2.05) is 44.4 Å². The minimum atomic E-state index is -4.08. The van der Waals surface area contributed by atoms with E-state index < -0.39 is 15.9 Å². The van der Waals surface area contributed by atoms with Crippen LogP contribution < -0.4 is 9.50 Å². The molecule has 3 aromatic carbocycles. The molecule has 0 aromatic heterocycles. The Hall–Kier alpha value is -3.04. The third kappa shape index (κ3) is 6.72. The van der Waals surface area contributed by atoms with Crippen LogP contribution in [0, 0.1) is 5.82 Å². The van der Waals surface area contributed by atoms with Gasteiger partial charge in [0.15, 0.2) is 0 Å². The summed E-state index contributed by atoms with van der Waals surface area (Å²) < 4.78 is 42.9. The molecule has 33 heavy (non-hydrogen) atoms. The number of carbonyl (C=O) groups excluding carboxylic acids is 1. The summed E-state index contributed by atoms with van der Waals surface area (Å²) >= 11 is 1.63. The molecule has 2 amide bonds. The lowest BCUT2D eigenvalue weighted by molar-refractivity contribution is 0.193. The maximum atomic E-state index is 13.0. The smallest absolute Gasteiger partial charge is 0.339 e. The van der Waals surface area contributed by atoms with Crippen molar-refractivity contribution in [3.05, 3.63) is 84.2 Å². The van der Waals surface area contributed by atoms with Gasteiger partial charge in [0.1, 0.15) is 16.5 Å². The summed E-state index contributed by atoms with van der Waals surface area (Å²) in [5.41, 5.74) is 1.52. The number of amides is 2. The first-order valence-corrected chi connectivity index (χ1v) is 12.8. The van der Waals surface area contributed by atoms with E-state index in [0.717, 1.165) is 34.7 Å². The second kappa shape index (κ2) is 10.7. The third-order valence-corrected chi connectivity index (χ3v) is 6.81. The molecule has 0 saturated heterocycles. The van der Waals surface area contributed by atoms with Gasteiger partial charge in [0, 0.05) is 23.2 Å². The second-order valence-electron chi connectivity index (χ2n) is 7.52. The molecule has 0 aliphatic rings. The van der Waals surface area contributed by atoms with E-state index in [0.29, 0.717) is 12.2 Å². The zero-order valence-electron chi connectivity index (χ0n) is 18.5. The van der Waals surface area contributed by atoms with Gasteiger partial charge in [0.2, 0.25) is 0 Å². The predicted molar refractivity (Wildman–Crippen MR) is 129 cm³/mol. The molecule has 3 rings (SSSR count). The number of anilines is 1. The molecule has 9 heteroatoms. The van der Waals surface area contributed by atoms with Gasteiger partial charge in [0.25, 0.3) is 0 Å². The van der Waals surface area contributed by atoms with E-state index in [9.17, 15) is 17.6 Å². The van der Waals surface area contributed by atoms with Crippen molar-refractivity contribution in [1.82, 2.24) is 4.90 Å². The van der Waals surface area contributed by atoms with Crippen LogP contribution in [0.25, 0.3) is 0 Å². The van der Waals surface area contributed by atoms with Crippen LogP contribution in [0.2, 0.25) is 0 Å². The summed E-state index contributed by atoms with van der Waals surface area (Å²) in [5.74, 6) is -0.411. The SMILES string of the molecule is CSc1ccc(NC(=O)N(Cc2ccc(OS(=O)(=O)c3ccc(F)cc3)cc2)C(C)C)cc1. The highest BCUT2D eigenvalue weighted by molar-refractivity contribution is 7.98. The van der Waals surface area contributed by atoms with Crippen LogP contribution >= 0.6 is 11.8 Å². The molecule has 0 spiro atoms. The lowest BCUT2D eigenvalue weighted by Gasteiger charge is -2.27. The first-order chi connectivity index (χ1) is 15.7. The number of rotatable bonds is 8. The lowest BCUT2D eigenvalue weighted by atomic mass is 10.2. The molecular weight excluding hydrogens is 463 g/mol. The first kappa shape index (κ1) is 24.6. The van der Waals surface area contributed by atoms with E-state index in [4.69, 9.17) is 4.18 Å². The molecule has 0 radical (unpaired) electrons. The molecule has 3 aromatic rings. The van der Waals surface area contributed by atoms with Gasteiger partial charge in [-0.05, 0) is 86.3 Å². The predicted octanol–water partition coefficient (Wildman–Crippen LogP) is 5.76. The van der Waals surface area contributed by atoms with Gasteiger partial charge in [-0.3, -0.25) is 0 Å². The number of thioether (sulfide) groups is 1. The number of hydrogen-bond donors (Lipinski definition) is 1. The quantitative estimate of drug-likeness (QED) is 0.322. The van der Waals surface area contributed by atoms with Crippen LogP contribution in [0.1, 0.15) is 19.4 Å². The van der Waals surface area contributed by atoms with Gasteiger partial charge in [-0.25, -0.2) is 9.18 Å². The minimum Gasteiger partial charge on any atom is -0.379 e. The standard InChI is InChI=1S/C24H25FN2O4S2/c1-17(2)27(24(28)26-20-8-12-22(32-3)13-9-20)16-18-4-10-21(11-5-18)31-33(29,30)23-14-6-19(25)7-15-23/h4-15,17H,16H2,1-3H3,(H,26,28). The number of halogens is 1. The van der Waals surface area contributed by atoms with E-state index in [1.54, 1.807) is 28.8 Å². The summed E-state index contributed by atoms with van der Waals surface area (Å²) in [7, 11) is -4.08. The van der Waals surface area contributed by atoms with E-state index >= 15 is 0 Å². The van der Waals surface area contributed by atoms with E-state index in [2.05, 4.69) is 5.32 Å². The van der Waals surface area contributed by atoms with Crippen LogP contribution in [0.4, 0.5) is 14.9 Å². The zero-order valence-corrected chi connectivity index (χ0v) is 20.1. The van der Waals surface area contributed by atoms with Gasteiger partial charge in [0.05, 0.1) is 0 Å². The Bertz CT molecular complexity index is 1180. The van der Waals surface area contributed by atoms with E-state index in [1.165, 1.54) is 12.1 Å². The normalized spacial score (nSPS) is 11.3. The molecule has 0 atom stereocenters. The Morgan fingerprint density at radius 1 is 1.00 bits per heavy atom. The minimum absolute atomic E-state index is 0.0646. The van der Waals surface area contributed by atoms with Crippen molar-refractivity contribution in [2.24, 2.45) is 0 Å². The summed E-state index contributed by atoms with van der Waals surface area (Å²) in [6, 6.07) is 18.2. The number of nitrogens with zero attached hydrogens (tertiary/aromatic N) is 1. The fraction of sp³-hybridized carbons (Fsp3) is 0.208. The van der Waals surface area contributed by atoms with Crippen molar-refractivity contribution in [2.45, 2.75) is 36.2 Å². The Morgan fingerprint density at radius 3 is 2.15 bits per heavy atom. The Labute approximate surface area is 197 Å². The molecule has 0 bridgehead atoms. The Balaban J connectivity index is 1.66. The average Bonchev–Trinajstić information content (AvgIpc) is 2.79. The molecule has 0 heterocycles. The molecule has 1 N–H and O–H groups in total. The maximum absolute atomic E-state index is 13.0. The van der Waals surface area contributed by atoms with Crippen LogP contribution in [0.3, 0.4) is 0 Å². The summed E-state index contributed by atoms with van der Waals surface area (Å²) in [6.45, 7) is 4.17. The fourth-order valence-corrected chi connectivity index (χ4v) is 4.32. The monoisotopic (exact) mass is 488 g/mol. The van der Waals surface area contributed by atoms with Crippen molar-refractivity contribution in [2.75, 3.05) is 11.6 Å². The second-order valence-corrected chi connectivity index (χ2v) is 9.94. The Kier molecular flexibility index (Phi) is 7.99. The molecular formula is C24H25FN2O4S2. The lowest BCUT2D eigenvalue weighted by Crippen LogP contribution is -2.39. The number of nitrogens with one attached hydrogen (secondary N) is 1. The number of urea groups is 1. The van der Waals surface area contributed by atoms with Crippen molar-refractivity contribution in [3.8, 4) is 5.75 Å². The number of carbonyl (C=O) groups is 1. The average molecular weight is 489 g/mol. The van der Waals surface area contributed by atoms with Crippen LogP contribution in [-0.4, -0.2) is 31.6 Å². The summed E-state index contributed by atoms with van der Waals surface area (Å²) in [6.07, 6.45) is 1.99. The highest BCUT2D eigenvalue weighted by Gasteiger charge is 2.19. The molecule has 6 nitrogen and oxygen atoms in total. The van der Waals surface area contributed by atoms with Crippen molar-refractivity contribution < 1.29 is 21.8 Å². The van der Waals surface area contributed by atoms with Gasteiger partial charge < -0.3 is 14.4 Å². The van der Waals surface area contributed by atoms with Gasteiger partial charge in [-0.15, -0.1) is 11.8 Å². The van der Waals surface area contributed by atoms with Crippen molar-refractivity contribution in [3.63, 3.8) is 0 Å². The van der Waals surface area contributed by atoms with Crippen molar-refractivity contribution >= 4 is 33.6 Å². The topological polar surface area (TPSA) is 75.7 Å². The molecule has 0 aliphatic heterocycles. The molecule has 0 fully saturated rings. The molecule has 0 unspecified atom stereocenters.